The first kappa shape index (κ1) is 25.0. The molecule has 178 valence electrons. The number of phenols is 1. The van der Waals surface area contributed by atoms with E-state index in [1.54, 1.807) is 11.0 Å². The largest absolute Gasteiger partial charge is 0.508 e. The number of rotatable bonds is 9. The van der Waals surface area contributed by atoms with Crippen molar-refractivity contribution in [2.75, 3.05) is 39.3 Å². The lowest BCUT2D eigenvalue weighted by atomic mass is 9.92. The summed E-state index contributed by atoms with van der Waals surface area (Å²) in [6.45, 7) is 13.8. The van der Waals surface area contributed by atoms with Gasteiger partial charge in [-0.2, -0.15) is 0 Å². The van der Waals surface area contributed by atoms with Gasteiger partial charge in [-0.1, -0.05) is 30.3 Å². The molecule has 3 rings (SSSR count). The number of phenolic OH excluding ortho intramolecular Hbond substituents is 1. The van der Waals surface area contributed by atoms with E-state index in [-0.39, 0.29) is 24.3 Å². The molecule has 0 aromatic heterocycles. The first-order chi connectivity index (χ1) is 15.9. The molecule has 1 aliphatic rings. The van der Waals surface area contributed by atoms with Crippen molar-refractivity contribution in [1.29, 1.82) is 0 Å². The maximum atomic E-state index is 12.8. The van der Waals surface area contributed by atoms with Crippen LogP contribution in [0.4, 0.5) is 0 Å². The highest BCUT2D eigenvalue weighted by atomic mass is 16.3. The molecule has 0 bridgehead atoms. The van der Waals surface area contributed by atoms with E-state index in [0.717, 1.165) is 30.8 Å². The summed E-state index contributed by atoms with van der Waals surface area (Å²) in [6, 6.07) is 15.9. The molecule has 0 aliphatic carbocycles. The van der Waals surface area contributed by atoms with E-state index >= 15 is 0 Å². The van der Waals surface area contributed by atoms with Crippen LogP contribution in [-0.2, 0) is 0 Å². The lowest BCUT2D eigenvalue weighted by Gasteiger charge is -2.47. The Bertz CT molecular complexity index is 930. The summed E-state index contributed by atoms with van der Waals surface area (Å²) in [7, 11) is 0. The summed E-state index contributed by atoms with van der Waals surface area (Å²) >= 11 is 0. The van der Waals surface area contributed by atoms with Gasteiger partial charge in [0.1, 0.15) is 5.75 Å². The van der Waals surface area contributed by atoms with Crippen LogP contribution in [0.3, 0.4) is 0 Å². The van der Waals surface area contributed by atoms with Gasteiger partial charge in [-0.15, -0.1) is 6.58 Å². The van der Waals surface area contributed by atoms with Crippen LogP contribution >= 0.6 is 0 Å². The summed E-state index contributed by atoms with van der Waals surface area (Å²) in [5.41, 5.74) is 2.72. The highest BCUT2D eigenvalue weighted by Gasteiger charge is 2.34. The second-order valence-electron chi connectivity index (χ2n) is 8.87. The van der Waals surface area contributed by atoms with Crippen LogP contribution in [-0.4, -0.2) is 82.2 Å². The fourth-order valence-electron chi connectivity index (χ4n) is 4.79. The van der Waals surface area contributed by atoms with Gasteiger partial charge in [-0.25, -0.2) is 0 Å². The van der Waals surface area contributed by atoms with Crippen molar-refractivity contribution in [2.24, 2.45) is 0 Å². The highest BCUT2D eigenvalue weighted by molar-refractivity contribution is 5.94. The predicted octanol–water partition coefficient (Wildman–Crippen LogP) is 3.52. The van der Waals surface area contributed by atoms with Crippen molar-refractivity contribution < 1.29 is 15.0 Å². The van der Waals surface area contributed by atoms with Crippen molar-refractivity contribution in [3.63, 3.8) is 0 Å². The normalized spacial score (nSPS) is 20.4. The van der Waals surface area contributed by atoms with E-state index in [2.05, 4.69) is 36.3 Å². The van der Waals surface area contributed by atoms with Gasteiger partial charge in [0, 0.05) is 50.4 Å². The summed E-state index contributed by atoms with van der Waals surface area (Å²) in [6.07, 6.45) is 1.96. The van der Waals surface area contributed by atoms with E-state index < -0.39 is 0 Å². The molecular formula is C27H37N3O3. The van der Waals surface area contributed by atoms with Crippen LogP contribution < -0.4 is 0 Å². The van der Waals surface area contributed by atoms with Crippen molar-refractivity contribution in [2.45, 2.75) is 38.9 Å². The summed E-state index contributed by atoms with van der Waals surface area (Å²) < 4.78 is 0. The molecule has 2 aromatic rings. The van der Waals surface area contributed by atoms with Crippen LogP contribution in [0.5, 0.6) is 5.75 Å². The Balaban J connectivity index is 1.94. The fraction of sp³-hybridized carbons (Fsp3) is 0.444. The number of aromatic hydroxyl groups is 1. The number of amides is 1. The van der Waals surface area contributed by atoms with Gasteiger partial charge in [0.05, 0.1) is 12.6 Å². The topological polar surface area (TPSA) is 67.2 Å². The van der Waals surface area contributed by atoms with Gasteiger partial charge >= 0.3 is 0 Å². The van der Waals surface area contributed by atoms with Crippen LogP contribution in [0.1, 0.15) is 48.3 Å². The number of aliphatic hydroxyl groups is 1. The zero-order valence-electron chi connectivity index (χ0n) is 20.0. The SMILES string of the molecule is C=CCN1C[C@H](C)N([C@H](c2ccc(C(=O)N(CC)CCO)cc2)c2cccc(O)c2)C[C@H]1C. The molecule has 1 fully saturated rings. The first-order valence-corrected chi connectivity index (χ1v) is 11.8. The van der Waals surface area contributed by atoms with Crippen molar-refractivity contribution in [3.8, 4) is 5.75 Å². The van der Waals surface area contributed by atoms with Gasteiger partial charge < -0.3 is 15.1 Å². The van der Waals surface area contributed by atoms with Crippen LogP contribution in [0.15, 0.2) is 61.2 Å². The molecule has 6 heteroatoms. The Hall–Kier alpha value is -2.67. The van der Waals surface area contributed by atoms with Gasteiger partial charge in [0.2, 0.25) is 0 Å². The Morgan fingerprint density at radius 1 is 1.15 bits per heavy atom. The quantitative estimate of drug-likeness (QED) is 0.571. The number of carbonyl (C=O) groups is 1. The van der Waals surface area contributed by atoms with E-state index in [9.17, 15) is 15.0 Å². The fourth-order valence-corrected chi connectivity index (χ4v) is 4.79. The Morgan fingerprint density at radius 3 is 2.48 bits per heavy atom. The molecule has 2 N–H and O–H groups in total. The number of benzene rings is 2. The van der Waals surface area contributed by atoms with Gasteiger partial charge in [-0.3, -0.25) is 14.6 Å². The third-order valence-electron chi connectivity index (χ3n) is 6.56. The molecule has 33 heavy (non-hydrogen) atoms. The summed E-state index contributed by atoms with van der Waals surface area (Å²) in [4.78, 5) is 19.4. The monoisotopic (exact) mass is 451 g/mol. The lowest BCUT2D eigenvalue weighted by molar-refractivity contribution is 0.0306. The van der Waals surface area contributed by atoms with Crippen molar-refractivity contribution in [1.82, 2.24) is 14.7 Å². The zero-order chi connectivity index (χ0) is 24.0. The molecule has 1 amide bonds. The van der Waals surface area contributed by atoms with Crippen LogP contribution in [0.25, 0.3) is 0 Å². The molecule has 0 spiro atoms. The predicted molar refractivity (Wildman–Crippen MR) is 132 cm³/mol. The average molecular weight is 452 g/mol. The third kappa shape index (κ3) is 5.82. The van der Waals surface area contributed by atoms with Gasteiger partial charge in [0.25, 0.3) is 5.91 Å². The van der Waals surface area contributed by atoms with E-state index in [4.69, 9.17) is 0 Å². The first-order valence-electron chi connectivity index (χ1n) is 11.8. The third-order valence-corrected chi connectivity index (χ3v) is 6.56. The van der Waals surface area contributed by atoms with Crippen molar-refractivity contribution in [3.05, 3.63) is 77.9 Å². The van der Waals surface area contributed by atoms with Crippen LogP contribution in [0.2, 0.25) is 0 Å². The van der Waals surface area contributed by atoms with Gasteiger partial charge in [0.15, 0.2) is 0 Å². The van der Waals surface area contributed by atoms with Crippen molar-refractivity contribution >= 4 is 5.91 Å². The number of piperazine rings is 1. The number of carbonyl (C=O) groups excluding carboxylic acids is 1. The maximum absolute atomic E-state index is 12.8. The highest BCUT2D eigenvalue weighted by Crippen LogP contribution is 2.34. The van der Waals surface area contributed by atoms with Crippen LogP contribution in [0, 0.1) is 0 Å². The second kappa shape index (κ2) is 11.5. The average Bonchev–Trinajstić information content (AvgIpc) is 2.81. The number of hydrogen-bond acceptors (Lipinski definition) is 5. The molecule has 1 heterocycles. The number of nitrogens with zero attached hydrogens (tertiary/aromatic N) is 3. The number of hydrogen-bond donors (Lipinski definition) is 2. The number of likely N-dealkylation sites (N-methyl/N-ethyl adjacent to an activating group) is 1. The smallest absolute Gasteiger partial charge is 0.253 e. The molecule has 6 nitrogen and oxygen atoms in total. The summed E-state index contributed by atoms with van der Waals surface area (Å²) in [5, 5.41) is 19.4. The molecule has 3 atom stereocenters. The molecule has 1 saturated heterocycles. The van der Waals surface area contributed by atoms with E-state index in [1.807, 2.05) is 49.4 Å². The molecule has 0 unspecified atom stereocenters. The lowest BCUT2D eigenvalue weighted by Crippen LogP contribution is -2.57. The Kier molecular flexibility index (Phi) is 8.67. The Morgan fingerprint density at radius 2 is 1.88 bits per heavy atom. The molecule has 2 aromatic carbocycles. The van der Waals surface area contributed by atoms with Gasteiger partial charge in [-0.05, 0) is 56.2 Å². The zero-order valence-corrected chi connectivity index (χ0v) is 20.0. The Labute approximate surface area is 197 Å². The second-order valence-corrected chi connectivity index (χ2v) is 8.87. The van der Waals surface area contributed by atoms with E-state index in [0.29, 0.717) is 30.7 Å². The molecule has 0 radical (unpaired) electrons. The standard InChI is InChI=1S/C27H37N3O3/c1-5-14-29-18-21(4)30(19-20(29)3)26(24-8-7-9-25(32)17-24)22-10-12-23(13-11-22)27(33)28(6-2)15-16-31/h5,7-13,17,20-21,26,31-32H,1,6,14-16,18-19H2,2-4H3/t20-,21+,26-/m1/s1. The minimum absolute atomic E-state index is 0.0377. The van der Waals surface area contributed by atoms with E-state index in [1.165, 1.54) is 0 Å². The maximum Gasteiger partial charge on any atom is 0.253 e. The number of aliphatic hydroxyl groups excluding tert-OH is 1. The summed E-state index contributed by atoms with van der Waals surface area (Å²) in [5.74, 6) is 0.171. The minimum atomic E-state index is -0.0768. The minimum Gasteiger partial charge on any atom is -0.508 e. The molecular weight excluding hydrogens is 414 g/mol. The molecule has 1 aliphatic heterocycles. The molecule has 0 saturated carbocycles.